The summed E-state index contributed by atoms with van der Waals surface area (Å²) in [5.74, 6) is 0. The zero-order valence-electron chi connectivity index (χ0n) is 13.4. The van der Waals surface area contributed by atoms with E-state index in [1.807, 2.05) is 6.20 Å². The van der Waals surface area contributed by atoms with Gasteiger partial charge in [-0.25, -0.2) is 0 Å². The molecule has 118 valence electrons. The Morgan fingerprint density at radius 2 is 2.29 bits per heavy atom. The maximum atomic E-state index is 6.00. The predicted octanol–water partition coefficient (Wildman–Crippen LogP) is 2.28. The lowest BCUT2D eigenvalue weighted by Gasteiger charge is -2.37. The van der Waals surface area contributed by atoms with Crippen LogP contribution >= 0.6 is 0 Å². The van der Waals surface area contributed by atoms with Gasteiger partial charge in [-0.05, 0) is 27.2 Å². The third kappa shape index (κ3) is 3.65. The van der Waals surface area contributed by atoms with E-state index in [9.17, 15) is 0 Å². The molecule has 2 fully saturated rings. The van der Waals surface area contributed by atoms with Crippen molar-refractivity contribution in [3.05, 3.63) is 18.0 Å². The van der Waals surface area contributed by atoms with Crippen LogP contribution in [0.1, 0.15) is 51.6 Å². The van der Waals surface area contributed by atoms with Crippen molar-refractivity contribution in [1.82, 2.24) is 15.1 Å². The van der Waals surface area contributed by atoms with Crippen LogP contribution in [0.5, 0.6) is 0 Å². The monoisotopic (exact) mass is 293 g/mol. The molecule has 2 aliphatic heterocycles. The third-order valence-electron chi connectivity index (χ3n) is 4.39. The molecule has 1 aromatic heterocycles. The highest BCUT2D eigenvalue weighted by molar-refractivity contribution is 5.05. The molecule has 2 aliphatic rings. The molecule has 0 aliphatic carbocycles. The van der Waals surface area contributed by atoms with Crippen LogP contribution in [0.25, 0.3) is 0 Å². The summed E-state index contributed by atoms with van der Waals surface area (Å²) < 4.78 is 13.7. The molecule has 2 atom stereocenters. The van der Waals surface area contributed by atoms with E-state index in [0.29, 0.717) is 6.04 Å². The van der Waals surface area contributed by atoms with Gasteiger partial charge in [-0.3, -0.25) is 4.68 Å². The van der Waals surface area contributed by atoms with Gasteiger partial charge in [0.2, 0.25) is 0 Å². The lowest BCUT2D eigenvalue weighted by Crippen LogP contribution is -2.41. The topological polar surface area (TPSA) is 48.3 Å². The van der Waals surface area contributed by atoms with E-state index in [4.69, 9.17) is 9.47 Å². The second kappa shape index (κ2) is 5.71. The summed E-state index contributed by atoms with van der Waals surface area (Å²) in [6.45, 7) is 9.78. The summed E-state index contributed by atoms with van der Waals surface area (Å²) in [5, 5.41) is 8.08. The standard InChI is InChI=1S/C16H27N3O2/c1-15(2,3)17-9-13-10-18-19(11-13)14-4-6-21-16(8-14)5-7-20-12-16/h10-11,14,17H,4-9,12H2,1-3H3. The first kappa shape index (κ1) is 15.0. The molecule has 1 spiro atoms. The van der Waals surface area contributed by atoms with Crippen LogP contribution < -0.4 is 5.32 Å². The van der Waals surface area contributed by atoms with Crippen molar-refractivity contribution in [1.29, 1.82) is 0 Å². The average Bonchev–Trinajstić information content (AvgIpc) is 3.06. The van der Waals surface area contributed by atoms with E-state index in [-0.39, 0.29) is 11.1 Å². The Morgan fingerprint density at radius 1 is 1.43 bits per heavy atom. The molecule has 21 heavy (non-hydrogen) atoms. The van der Waals surface area contributed by atoms with Gasteiger partial charge < -0.3 is 14.8 Å². The summed E-state index contributed by atoms with van der Waals surface area (Å²) in [4.78, 5) is 0. The largest absolute Gasteiger partial charge is 0.378 e. The van der Waals surface area contributed by atoms with Gasteiger partial charge >= 0.3 is 0 Å². The fourth-order valence-electron chi connectivity index (χ4n) is 3.13. The minimum Gasteiger partial charge on any atom is -0.378 e. The van der Waals surface area contributed by atoms with Crippen LogP contribution in [-0.4, -0.2) is 40.7 Å². The first-order chi connectivity index (χ1) is 9.96. The maximum absolute atomic E-state index is 6.00. The van der Waals surface area contributed by atoms with Gasteiger partial charge in [-0.15, -0.1) is 0 Å². The number of hydrogen-bond donors (Lipinski definition) is 1. The first-order valence-corrected chi connectivity index (χ1v) is 7.96. The van der Waals surface area contributed by atoms with Crippen LogP contribution in [0.3, 0.4) is 0 Å². The molecular formula is C16H27N3O2. The molecule has 3 rings (SSSR count). The van der Waals surface area contributed by atoms with Gasteiger partial charge in [-0.1, -0.05) is 0 Å². The summed E-state index contributed by atoms with van der Waals surface area (Å²) in [6, 6.07) is 0.434. The molecule has 5 nitrogen and oxygen atoms in total. The van der Waals surface area contributed by atoms with Crippen LogP contribution in [0.2, 0.25) is 0 Å². The molecule has 1 N–H and O–H groups in total. The molecule has 3 heterocycles. The van der Waals surface area contributed by atoms with Crippen molar-refractivity contribution in [2.75, 3.05) is 19.8 Å². The van der Waals surface area contributed by atoms with E-state index < -0.39 is 0 Å². The SMILES string of the molecule is CC(C)(C)NCc1cnn(C2CCOC3(CCOC3)C2)c1. The second-order valence-corrected chi connectivity index (χ2v) is 7.41. The molecule has 0 bridgehead atoms. The first-order valence-electron chi connectivity index (χ1n) is 7.96. The van der Waals surface area contributed by atoms with Gasteiger partial charge in [-0.2, -0.15) is 5.10 Å². The van der Waals surface area contributed by atoms with Gasteiger partial charge in [0.05, 0.1) is 24.4 Å². The van der Waals surface area contributed by atoms with Crippen molar-refractivity contribution in [2.24, 2.45) is 0 Å². The predicted molar refractivity (Wildman–Crippen MR) is 81.2 cm³/mol. The molecule has 2 saturated heterocycles. The molecule has 0 radical (unpaired) electrons. The second-order valence-electron chi connectivity index (χ2n) is 7.41. The lowest BCUT2D eigenvalue weighted by molar-refractivity contribution is -0.0962. The maximum Gasteiger partial charge on any atom is 0.0957 e. The Balaban J connectivity index is 1.63. The van der Waals surface area contributed by atoms with E-state index in [0.717, 1.165) is 45.6 Å². The van der Waals surface area contributed by atoms with Crippen LogP contribution in [0, 0.1) is 0 Å². The zero-order chi connectivity index (χ0) is 14.9. The minimum absolute atomic E-state index is 0.0569. The summed E-state index contributed by atoms with van der Waals surface area (Å²) in [5.41, 5.74) is 1.32. The Kier molecular flexibility index (Phi) is 4.08. The molecular weight excluding hydrogens is 266 g/mol. The van der Waals surface area contributed by atoms with Crippen molar-refractivity contribution in [2.45, 2.75) is 63.8 Å². The van der Waals surface area contributed by atoms with E-state index in [1.165, 1.54) is 5.56 Å². The van der Waals surface area contributed by atoms with Crippen molar-refractivity contribution in [3.8, 4) is 0 Å². The van der Waals surface area contributed by atoms with Crippen molar-refractivity contribution < 1.29 is 9.47 Å². The zero-order valence-corrected chi connectivity index (χ0v) is 13.4. The molecule has 2 unspecified atom stereocenters. The van der Waals surface area contributed by atoms with Crippen LogP contribution in [0.15, 0.2) is 12.4 Å². The summed E-state index contributed by atoms with van der Waals surface area (Å²) >= 11 is 0. The van der Waals surface area contributed by atoms with Gasteiger partial charge in [0.15, 0.2) is 0 Å². The van der Waals surface area contributed by atoms with Gasteiger partial charge in [0, 0.05) is 49.9 Å². The molecule has 0 aromatic carbocycles. The van der Waals surface area contributed by atoms with Crippen molar-refractivity contribution >= 4 is 0 Å². The number of hydrogen-bond acceptors (Lipinski definition) is 4. The Hall–Kier alpha value is -0.910. The normalized spacial score (nSPS) is 30.1. The van der Waals surface area contributed by atoms with Crippen molar-refractivity contribution in [3.63, 3.8) is 0 Å². The molecule has 0 amide bonds. The molecule has 1 aromatic rings. The molecule has 5 heteroatoms. The number of rotatable bonds is 3. The van der Waals surface area contributed by atoms with Crippen LogP contribution in [0.4, 0.5) is 0 Å². The third-order valence-corrected chi connectivity index (χ3v) is 4.39. The highest BCUT2D eigenvalue weighted by Gasteiger charge is 2.41. The van der Waals surface area contributed by atoms with E-state index in [2.05, 4.69) is 42.1 Å². The molecule has 0 saturated carbocycles. The smallest absolute Gasteiger partial charge is 0.0957 e. The number of aromatic nitrogens is 2. The Labute approximate surface area is 127 Å². The fourth-order valence-corrected chi connectivity index (χ4v) is 3.13. The van der Waals surface area contributed by atoms with E-state index in [1.54, 1.807) is 0 Å². The number of ether oxygens (including phenoxy) is 2. The average molecular weight is 293 g/mol. The van der Waals surface area contributed by atoms with E-state index >= 15 is 0 Å². The number of nitrogens with one attached hydrogen (secondary N) is 1. The van der Waals surface area contributed by atoms with Gasteiger partial charge in [0.25, 0.3) is 0 Å². The minimum atomic E-state index is -0.0569. The Morgan fingerprint density at radius 3 is 3.00 bits per heavy atom. The quantitative estimate of drug-likeness (QED) is 0.929. The highest BCUT2D eigenvalue weighted by atomic mass is 16.6. The van der Waals surface area contributed by atoms with Crippen LogP contribution in [-0.2, 0) is 16.0 Å². The highest BCUT2D eigenvalue weighted by Crippen LogP contribution is 2.37. The summed E-state index contributed by atoms with van der Waals surface area (Å²) in [6.07, 6.45) is 7.23. The van der Waals surface area contributed by atoms with Gasteiger partial charge in [0.1, 0.15) is 0 Å². The fraction of sp³-hybridized carbons (Fsp3) is 0.812. The summed E-state index contributed by atoms with van der Waals surface area (Å²) in [7, 11) is 0. The Bertz CT molecular complexity index is 472. The lowest BCUT2D eigenvalue weighted by atomic mass is 9.90. The number of nitrogens with zero attached hydrogens (tertiary/aromatic N) is 2.